The van der Waals surface area contributed by atoms with Gasteiger partial charge in [-0.2, -0.15) is 10.1 Å². The maximum Gasteiger partial charge on any atom is 0.254 e. The van der Waals surface area contributed by atoms with E-state index in [4.69, 9.17) is 18.9 Å². The Hall–Kier alpha value is -3.33. The molecule has 2 aliphatic carbocycles. The zero-order valence-corrected chi connectivity index (χ0v) is 20.6. The predicted octanol–water partition coefficient (Wildman–Crippen LogP) is 4.30. The van der Waals surface area contributed by atoms with E-state index >= 15 is 0 Å². The number of carbonyl (C=O) groups excluding carboxylic acids is 2. The lowest BCUT2D eigenvalue weighted by Crippen LogP contribution is -2.28. The second-order valence-electron chi connectivity index (χ2n) is 8.96. The Morgan fingerprint density at radius 1 is 1.03 bits per heavy atom. The molecular formula is C26H23BrN2O6. The summed E-state index contributed by atoms with van der Waals surface area (Å²) in [7, 11) is 0. The van der Waals surface area contributed by atoms with Crippen LogP contribution in [0.3, 0.4) is 0 Å². The fourth-order valence-corrected chi connectivity index (χ4v) is 5.77. The van der Waals surface area contributed by atoms with E-state index in [0.29, 0.717) is 40.5 Å². The first kappa shape index (κ1) is 22.2. The number of amides is 2. The molecule has 180 valence electrons. The maximum absolute atomic E-state index is 12.9. The first-order valence-corrected chi connectivity index (χ1v) is 12.4. The smallest absolute Gasteiger partial charge is 0.254 e. The highest BCUT2D eigenvalue weighted by Gasteiger charge is 2.59. The lowest BCUT2D eigenvalue weighted by atomic mass is 9.85. The molecule has 9 heteroatoms. The molecule has 1 saturated carbocycles. The molecular weight excluding hydrogens is 516 g/mol. The zero-order chi connectivity index (χ0) is 24.1. The number of imide groups is 1. The zero-order valence-electron chi connectivity index (χ0n) is 19.0. The van der Waals surface area contributed by atoms with Gasteiger partial charge in [-0.05, 0) is 70.9 Å². The van der Waals surface area contributed by atoms with Crippen LogP contribution in [0.2, 0.25) is 0 Å². The molecule has 0 N–H and O–H groups in total. The van der Waals surface area contributed by atoms with Crippen LogP contribution in [0.15, 0.2) is 52.1 Å². The number of hydrogen-bond acceptors (Lipinski definition) is 7. The molecule has 1 saturated heterocycles. The van der Waals surface area contributed by atoms with Crippen molar-refractivity contribution in [1.29, 1.82) is 0 Å². The number of hydrazone groups is 1. The third-order valence-corrected chi connectivity index (χ3v) is 7.64. The molecule has 35 heavy (non-hydrogen) atoms. The van der Waals surface area contributed by atoms with Gasteiger partial charge in [-0.25, -0.2) is 0 Å². The standard InChI is InChI=1S/C26H23BrN2O6/c1-2-32-21-9-17(11-28-29-25(30)23-15-4-5-16(8-15)24(23)26(29)31)18(27)10-22(21)33-12-14-3-6-19-20(7-14)35-13-34-19/h3-7,9-11,15-16,23-24H,2,8,12-13H2,1H3/t15-,16-,23-,24+/m0/s1. The molecule has 8 nitrogen and oxygen atoms in total. The highest BCUT2D eigenvalue weighted by atomic mass is 79.9. The Morgan fingerprint density at radius 2 is 1.74 bits per heavy atom. The molecule has 0 radical (unpaired) electrons. The van der Waals surface area contributed by atoms with E-state index in [1.807, 2.05) is 25.1 Å². The summed E-state index contributed by atoms with van der Waals surface area (Å²) in [5, 5.41) is 5.32. The Labute approximate surface area is 210 Å². The average molecular weight is 539 g/mol. The highest BCUT2D eigenvalue weighted by Crippen LogP contribution is 2.52. The van der Waals surface area contributed by atoms with Crippen molar-refractivity contribution in [3.05, 3.63) is 58.1 Å². The summed E-state index contributed by atoms with van der Waals surface area (Å²) in [6.07, 6.45) is 6.54. The summed E-state index contributed by atoms with van der Waals surface area (Å²) in [4.78, 5) is 25.8. The van der Waals surface area contributed by atoms with Gasteiger partial charge in [0.25, 0.3) is 11.8 Å². The molecule has 2 aromatic carbocycles. The molecule has 2 amide bonds. The molecule has 2 aromatic rings. The Balaban J connectivity index is 1.20. The normalized spacial score (nSPS) is 25.7. The minimum absolute atomic E-state index is 0.152. The predicted molar refractivity (Wildman–Crippen MR) is 129 cm³/mol. The van der Waals surface area contributed by atoms with Crippen LogP contribution in [0.25, 0.3) is 0 Å². The van der Waals surface area contributed by atoms with E-state index in [1.165, 1.54) is 6.21 Å². The van der Waals surface area contributed by atoms with E-state index in [9.17, 15) is 9.59 Å². The number of allylic oxidation sites excluding steroid dienone is 2. The van der Waals surface area contributed by atoms with E-state index in [0.717, 1.165) is 22.7 Å². The van der Waals surface area contributed by atoms with Gasteiger partial charge in [0.05, 0.1) is 24.7 Å². The lowest BCUT2D eigenvalue weighted by Gasteiger charge is -2.15. The molecule has 2 fully saturated rings. The largest absolute Gasteiger partial charge is 0.490 e. The molecule has 4 atom stereocenters. The SMILES string of the molecule is CCOc1cc(C=NN2C(=O)[C@@H]3[C@H](C2=O)[C@H]2C=C[C@H]3C2)c(Br)cc1OCc1ccc2c(c1)OCO2. The number of carbonyl (C=O) groups is 2. The number of rotatable bonds is 7. The monoisotopic (exact) mass is 538 g/mol. The molecule has 6 rings (SSSR count). The fraction of sp³-hybridized carbons (Fsp3) is 0.346. The van der Waals surface area contributed by atoms with Gasteiger partial charge in [0.15, 0.2) is 23.0 Å². The van der Waals surface area contributed by atoms with Gasteiger partial charge in [0.1, 0.15) is 6.61 Å². The van der Waals surface area contributed by atoms with Gasteiger partial charge < -0.3 is 18.9 Å². The van der Waals surface area contributed by atoms with Crippen LogP contribution in [0.5, 0.6) is 23.0 Å². The van der Waals surface area contributed by atoms with Crippen LogP contribution < -0.4 is 18.9 Å². The Morgan fingerprint density at radius 3 is 2.49 bits per heavy atom. The van der Waals surface area contributed by atoms with Crippen molar-refractivity contribution in [2.75, 3.05) is 13.4 Å². The minimum Gasteiger partial charge on any atom is -0.490 e. The van der Waals surface area contributed by atoms with Crippen molar-refractivity contribution < 1.29 is 28.5 Å². The highest BCUT2D eigenvalue weighted by molar-refractivity contribution is 9.10. The number of nitrogens with zero attached hydrogens (tertiary/aromatic N) is 2. The van der Waals surface area contributed by atoms with Gasteiger partial charge in [0.2, 0.25) is 6.79 Å². The maximum atomic E-state index is 12.9. The van der Waals surface area contributed by atoms with Crippen LogP contribution in [-0.2, 0) is 16.2 Å². The summed E-state index contributed by atoms with van der Waals surface area (Å²) >= 11 is 3.56. The molecule has 0 spiro atoms. The van der Waals surface area contributed by atoms with Gasteiger partial charge in [-0.15, -0.1) is 0 Å². The minimum atomic E-state index is -0.274. The first-order chi connectivity index (χ1) is 17.0. The van der Waals surface area contributed by atoms with Crippen molar-refractivity contribution in [1.82, 2.24) is 5.01 Å². The van der Waals surface area contributed by atoms with Crippen LogP contribution >= 0.6 is 15.9 Å². The summed E-state index contributed by atoms with van der Waals surface area (Å²) in [5.74, 6) is 1.85. The third-order valence-electron chi connectivity index (χ3n) is 6.95. The number of halogens is 1. The van der Waals surface area contributed by atoms with Crippen LogP contribution in [0.4, 0.5) is 0 Å². The third kappa shape index (κ3) is 3.78. The number of fused-ring (bicyclic) bond motifs is 6. The average Bonchev–Trinajstić information content (AvgIpc) is 3.63. The van der Waals surface area contributed by atoms with Crippen molar-refractivity contribution in [2.24, 2.45) is 28.8 Å². The Bertz CT molecular complexity index is 1240. The summed E-state index contributed by atoms with van der Waals surface area (Å²) in [6.45, 7) is 2.87. The van der Waals surface area contributed by atoms with Gasteiger partial charge in [-0.1, -0.05) is 18.2 Å². The van der Waals surface area contributed by atoms with Gasteiger partial charge in [0, 0.05) is 10.0 Å². The molecule has 2 aliphatic heterocycles. The molecule has 2 heterocycles. The second-order valence-corrected chi connectivity index (χ2v) is 9.82. The van der Waals surface area contributed by atoms with E-state index in [2.05, 4.69) is 33.2 Å². The van der Waals surface area contributed by atoms with Crippen LogP contribution in [0, 0.1) is 23.7 Å². The van der Waals surface area contributed by atoms with Crippen molar-refractivity contribution in [3.63, 3.8) is 0 Å². The van der Waals surface area contributed by atoms with E-state index < -0.39 is 0 Å². The van der Waals surface area contributed by atoms with Crippen molar-refractivity contribution in [2.45, 2.75) is 20.0 Å². The van der Waals surface area contributed by atoms with Crippen molar-refractivity contribution >= 4 is 34.0 Å². The van der Waals surface area contributed by atoms with E-state index in [-0.39, 0.29) is 42.3 Å². The topological polar surface area (TPSA) is 86.7 Å². The lowest BCUT2D eigenvalue weighted by molar-refractivity contribution is -0.140. The molecule has 2 bridgehead atoms. The molecule has 0 unspecified atom stereocenters. The van der Waals surface area contributed by atoms with Gasteiger partial charge in [-0.3, -0.25) is 9.59 Å². The molecule has 0 aromatic heterocycles. The first-order valence-electron chi connectivity index (χ1n) is 11.6. The van der Waals surface area contributed by atoms with Crippen LogP contribution in [-0.4, -0.2) is 36.4 Å². The fourth-order valence-electron chi connectivity index (χ4n) is 5.34. The summed E-state index contributed by atoms with van der Waals surface area (Å²) in [6, 6.07) is 9.25. The summed E-state index contributed by atoms with van der Waals surface area (Å²) < 4.78 is 23.3. The Kier molecular flexibility index (Phi) is 5.51. The van der Waals surface area contributed by atoms with Gasteiger partial charge >= 0.3 is 0 Å². The van der Waals surface area contributed by atoms with Crippen LogP contribution in [0.1, 0.15) is 24.5 Å². The second kappa shape index (κ2) is 8.71. The number of benzene rings is 2. The number of hydrogen-bond donors (Lipinski definition) is 0. The summed E-state index contributed by atoms with van der Waals surface area (Å²) in [5.41, 5.74) is 1.60. The molecule has 4 aliphatic rings. The van der Waals surface area contributed by atoms with Crippen molar-refractivity contribution in [3.8, 4) is 23.0 Å². The number of ether oxygens (including phenoxy) is 4. The quantitative estimate of drug-likeness (QED) is 0.297. The van der Waals surface area contributed by atoms with E-state index in [1.54, 1.807) is 12.1 Å².